The Kier molecular flexibility index (Phi) is 3.40. The molecule has 0 bridgehead atoms. The highest BCUT2D eigenvalue weighted by atomic mass is 16.7. The van der Waals surface area contributed by atoms with Crippen molar-refractivity contribution in [2.45, 2.75) is 6.54 Å². The number of benzene rings is 2. The number of pyridine rings is 1. The van der Waals surface area contributed by atoms with Crippen molar-refractivity contribution in [3.8, 4) is 34.3 Å². The van der Waals surface area contributed by atoms with E-state index in [-0.39, 0.29) is 12.4 Å². The van der Waals surface area contributed by atoms with Gasteiger partial charge in [0.15, 0.2) is 23.0 Å². The van der Waals surface area contributed by atoms with Gasteiger partial charge in [0, 0.05) is 12.1 Å². The average molecular weight is 363 g/mol. The number of methoxy groups -OCH3 is 2. The van der Waals surface area contributed by atoms with E-state index in [9.17, 15) is 4.79 Å². The lowest BCUT2D eigenvalue weighted by molar-refractivity contribution is 0.174. The van der Waals surface area contributed by atoms with Crippen LogP contribution in [0.3, 0.4) is 0 Å². The number of hydrogen-bond donors (Lipinski definition) is 0. The average Bonchev–Trinajstić information content (AvgIpc) is 3.07. The summed E-state index contributed by atoms with van der Waals surface area (Å²) in [5, 5.41) is 1.39. The molecule has 3 aromatic rings. The van der Waals surface area contributed by atoms with Gasteiger partial charge in [0.25, 0.3) is 5.56 Å². The van der Waals surface area contributed by atoms with Gasteiger partial charge in [-0.3, -0.25) is 4.79 Å². The molecule has 0 spiro atoms. The topological polar surface area (TPSA) is 58.9 Å². The summed E-state index contributed by atoms with van der Waals surface area (Å²) in [7, 11) is 3.15. The fraction of sp³-hybridized carbons (Fsp3) is 0.190. The van der Waals surface area contributed by atoms with Crippen molar-refractivity contribution < 1.29 is 18.9 Å². The van der Waals surface area contributed by atoms with Crippen molar-refractivity contribution in [1.29, 1.82) is 0 Å². The van der Waals surface area contributed by atoms with Crippen LogP contribution in [0, 0.1) is 0 Å². The number of hydrogen-bond acceptors (Lipinski definition) is 5. The van der Waals surface area contributed by atoms with Crippen molar-refractivity contribution in [1.82, 2.24) is 4.57 Å². The van der Waals surface area contributed by atoms with E-state index in [4.69, 9.17) is 18.9 Å². The first kappa shape index (κ1) is 15.8. The first-order valence-electron chi connectivity index (χ1n) is 8.59. The third kappa shape index (κ3) is 2.30. The predicted molar refractivity (Wildman–Crippen MR) is 102 cm³/mol. The first-order chi connectivity index (χ1) is 13.2. The Balaban J connectivity index is 1.83. The molecule has 0 saturated heterocycles. The molecule has 0 fully saturated rings. The Morgan fingerprint density at radius 1 is 0.963 bits per heavy atom. The third-order valence-corrected chi connectivity index (χ3v) is 5.02. The zero-order valence-electron chi connectivity index (χ0n) is 14.9. The van der Waals surface area contributed by atoms with Gasteiger partial charge in [0.05, 0.1) is 25.3 Å². The van der Waals surface area contributed by atoms with Crippen molar-refractivity contribution >= 4 is 16.8 Å². The molecule has 0 amide bonds. The molecule has 5 rings (SSSR count). The predicted octanol–water partition coefficient (Wildman–Crippen LogP) is 3.44. The van der Waals surface area contributed by atoms with Crippen LogP contribution in [0.2, 0.25) is 0 Å². The summed E-state index contributed by atoms with van der Waals surface area (Å²) in [5.41, 5.74) is 2.68. The lowest BCUT2D eigenvalue weighted by Crippen LogP contribution is -2.21. The van der Waals surface area contributed by atoms with Gasteiger partial charge in [-0.05, 0) is 41.3 Å². The number of fused-ring (bicyclic) bond motifs is 5. The molecule has 0 radical (unpaired) electrons. The summed E-state index contributed by atoms with van der Waals surface area (Å²) in [6.07, 6.45) is 3.99. The first-order valence-corrected chi connectivity index (χ1v) is 8.59. The lowest BCUT2D eigenvalue weighted by Gasteiger charge is -2.15. The minimum Gasteiger partial charge on any atom is -0.493 e. The van der Waals surface area contributed by atoms with Crippen molar-refractivity contribution in [3.05, 3.63) is 52.3 Å². The Hall–Kier alpha value is -3.41. The van der Waals surface area contributed by atoms with E-state index in [0.717, 1.165) is 28.0 Å². The summed E-state index contributed by atoms with van der Waals surface area (Å²) in [5.74, 6) is 2.54. The highest BCUT2D eigenvalue weighted by Crippen LogP contribution is 2.41. The van der Waals surface area contributed by atoms with Gasteiger partial charge in [0.1, 0.15) is 0 Å². The maximum Gasteiger partial charge on any atom is 0.259 e. The largest absolute Gasteiger partial charge is 0.493 e. The van der Waals surface area contributed by atoms with Crippen LogP contribution in [0.1, 0.15) is 5.56 Å². The van der Waals surface area contributed by atoms with E-state index in [1.165, 1.54) is 0 Å². The Morgan fingerprint density at radius 2 is 1.70 bits per heavy atom. The number of rotatable bonds is 2. The number of aromatic nitrogens is 1. The zero-order valence-corrected chi connectivity index (χ0v) is 14.9. The molecule has 2 aliphatic heterocycles. The maximum absolute atomic E-state index is 13.2. The van der Waals surface area contributed by atoms with Crippen molar-refractivity contribution in [3.63, 3.8) is 0 Å². The number of nitrogens with zero attached hydrogens (tertiary/aromatic N) is 1. The van der Waals surface area contributed by atoms with Crippen molar-refractivity contribution in [2.24, 2.45) is 0 Å². The van der Waals surface area contributed by atoms with Crippen LogP contribution in [0.5, 0.6) is 23.0 Å². The summed E-state index contributed by atoms with van der Waals surface area (Å²) < 4.78 is 23.5. The smallest absolute Gasteiger partial charge is 0.259 e. The normalized spacial score (nSPS) is 13.9. The molecule has 1 aromatic heterocycles. The highest BCUT2D eigenvalue weighted by molar-refractivity contribution is 5.90. The van der Waals surface area contributed by atoms with Gasteiger partial charge in [-0.15, -0.1) is 0 Å². The molecule has 6 heteroatoms. The van der Waals surface area contributed by atoms with Crippen LogP contribution in [0.25, 0.3) is 28.1 Å². The summed E-state index contributed by atoms with van der Waals surface area (Å²) in [6.45, 7) is 0.697. The minimum atomic E-state index is -0.0707. The third-order valence-electron chi connectivity index (χ3n) is 5.02. The quantitative estimate of drug-likeness (QED) is 0.698. The molecule has 27 heavy (non-hydrogen) atoms. The number of ether oxygens (including phenoxy) is 4. The van der Waals surface area contributed by atoms with Gasteiger partial charge in [-0.2, -0.15) is 0 Å². The second-order valence-electron chi connectivity index (χ2n) is 6.43. The van der Waals surface area contributed by atoms with E-state index in [2.05, 4.69) is 0 Å². The molecule has 0 unspecified atom stereocenters. The molecule has 6 nitrogen and oxygen atoms in total. The molecule has 136 valence electrons. The van der Waals surface area contributed by atoms with Gasteiger partial charge in [0.2, 0.25) is 6.79 Å². The molecular formula is C21H17NO5. The van der Waals surface area contributed by atoms with Crippen LogP contribution in [-0.4, -0.2) is 25.6 Å². The van der Waals surface area contributed by atoms with Gasteiger partial charge >= 0.3 is 0 Å². The van der Waals surface area contributed by atoms with Gasteiger partial charge < -0.3 is 23.5 Å². The van der Waals surface area contributed by atoms with Gasteiger partial charge in [-0.25, -0.2) is 0 Å². The maximum atomic E-state index is 13.2. The molecule has 2 aliphatic rings. The Morgan fingerprint density at radius 3 is 2.48 bits per heavy atom. The van der Waals surface area contributed by atoms with E-state index >= 15 is 0 Å². The van der Waals surface area contributed by atoms with Crippen LogP contribution >= 0.6 is 0 Å². The van der Waals surface area contributed by atoms with E-state index < -0.39 is 0 Å². The fourth-order valence-electron chi connectivity index (χ4n) is 3.69. The second-order valence-corrected chi connectivity index (χ2v) is 6.43. The fourth-order valence-corrected chi connectivity index (χ4v) is 3.69. The lowest BCUT2D eigenvalue weighted by atomic mass is 10.0. The standard InChI is InChI=1S/C21H17NO5/c1-24-17-8-13-6-16-14-9-20-19(26-11-27-20)7-12(14)4-3-5-22(16)21(23)15(13)10-18(17)25-2/h3-4,6-10H,5,11H2,1-2H3. The SMILES string of the molecule is COc1cc2cc3n(c(=O)c2cc1OC)CC=Cc1cc2c(cc1-3)OCO2. The highest BCUT2D eigenvalue weighted by Gasteiger charge is 2.22. The molecule has 0 saturated carbocycles. The van der Waals surface area contributed by atoms with Crippen LogP contribution < -0.4 is 24.5 Å². The van der Waals surface area contributed by atoms with Crippen LogP contribution in [0.4, 0.5) is 0 Å². The van der Waals surface area contributed by atoms with E-state index in [1.54, 1.807) is 24.9 Å². The van der Waals surface area contributed by atoms with E-state index in [1.807, 2.05) is 36.4 Å². The molecular weight excluding hydrogens is 346 g/mol. The minimum absolute atomic E-state index is 0.0707. The number of allylic oxidation sites excluding steroid dienone is 1. The Bertz CT molecular complexity index is 1180. The van der Waals surface area contributed by atoms with Crippen molar-refractivity contribution in [2.75, 3.05) is 21.0 Å². The monoisotopic (exact) mass is 363 g/mol. The second kappa shape index (κ2) is 5.81. The van der Waals surface area contributed by atoms with Gasteiger partial charge in [-0.1, -0.05) is 12.2 Å². The van der Waals surface area contributed by atoms with Crippen LogP contribution in [0.15, 0.2) is 41.2 Å². The molecule has 2 aromatic carbocycles. The summed E-state index contributed by atoms with van der Waals surface area (Å²) in [4.78, 5) is 13.2. The molecule has 0 aliphatic carbocycles. The molecule has 0 N–H and O–H groups in total. The zero-order chi connectivity index (χ0) is 18.5. The summed E-state index contributed by atoms with van der Waals surface area (Å²) >= 11 is 0. The summed E-state index contributed by atoms with van der Waals surface area (Å²) in [6, 6.07) is 9.46. The Labute approximate surface area is 155 Å². The van der Waals surface area contributed by atoms with Crippen LogP contribution in [-0.2, 0) is 6.54 Å². The molecule has 3 heterocycles. The molecule has 0 atom stereocenters. The van der Waals surface area contributed by atoms with E-state index in [0.29, 0.717) is 29.2 Å².